The fraction of sp³-hybridized carbons (Fsp3) is 0.350. The Labute approximate surface area is 137 Å². The summed E-state index contributed by atoms with van der Waals surface area (Å²) >= 11 is 0. The van der Waals surface area contributed by atoms with E-state index in [-0.39, 0.29) is 0 Å². The standard InChI is InChI=1S/C20H23N3/c1-22-12-14-23(15-13-22)11-10-16-17-6-2-4-8-19(17)21-20-9-5-3-7-18(16)20/h2-9H,10-15H2,1H3. The molecule has 2 heterocycles. The molecule has 1 aromatic heterocycles. The molecule has 4 rings (SSSR count). The minimum absolute atomic E-state index is 1.09. The molecule has 1 fully saturated rings. The summed E-state index contributed by atoms with van der Waals surface area (Å²) in [6.07, 6.45) is 1.09. The number of nitrogens with zero attached hydrogens (tertiary/aromatic N) is 3. The van der Waals surface area contributed by atoms with E-state index in [4.69, 9.17) is 4.98 Å². The molecular weight excluding hydrogens is 282 g/mol. The van der Waals surface area contributed by atoms with Gasteiger partial charge in [0.25, 0.3) is 0 Å². The lowest BCUT2D eigenvalue weighted by molar-refractivity contribution is 0.155. The molecule has 0 saturated carbocycles. The summed E-state index contributed by atoms with van der Waals surface area (Å²) in [7, 11) is 2.21. The number of hydrogen-bond acceptors (Lipinski definition) is 3. The molecule has 2 aromatic carbocycles. The summed E-state index contributed by atoms with van der Waals surface area (Å²) in [5.74, 6) is 0. The van der Waals surface area contributed by atoms with Crippen LogP contribution >= 0.6 is 0 Å². The molecule has 0 bridgehead atoms. The number of pyridine rings is 1. The number of hydrogen-bond donors (Lipinski definition) is 0. The molecule has 0 atom stereocenters. The molecule has 0 unspecified atom stereocenters. The average molecular weight is 305 g/mol. The number of para-hydroxylation sites is 2. The molecule has 3 nitrogen and oxygen atoms in total. The van der Waals surface area contributed by atoms with Gasteiger partial charge in [0.05, 0.1) is 11.0 Å². The van der Waals surface area contributed by atoms with Crippen LogP contribution in [0.3, 0.4) is 0 Å². The van der Waals surface area contributed by atoms with Crippen LogP contribution in [0.25, 0.3) is 21.8 Å². The highest BCUT2D eigenvalue weighted by Gasteiger charge is 2.15. The van der Waals surface area contributed by atoms with Crippen molar-refractivity contribution < 1.29 is 0 Å². The predicted molar refractivity (Wildman–Crippen MR) is 96.9 cm³/mol. The van der Waals surface area contributed by atoms with Gasteiger partial charge in [-0.2, -0.15) is 0 Å². The average Bonchev–Trinajstić information content (AvgIpc) is 2.60. The van der Waals surface area contributed by atoms with Crippen LogP contribution in [0.4, 0.5) is 0 Å². The molecule has 0 spiro atoms. The minimum atomic E-state index is 1.09. The molecular formula is C20H23N3. The monoisotopic (exact) mass is 305 g/mol. The van der Waals surface area contributed by atoms with Gasteiger partial charge in [0.1, 0.15) is 0 Å². The van der Waals surface area contributed by atoms with E-state index in [1.807, 2.05) is 0 Å². The summed E-state index contributed by atoms with van der Waals surface area (Å²) in [4.78, 5) is 9.82. The van der Waals surface area contributed by atoms with Crippen molar-refractivity contribution >= 4 is 21.8 Å². The van der Waals surface area contributed by atoms with Crippen molar-refractivity contribution in [3.05, 3.63) is 54.1 Å². The van der Waals surface area contributed by atoms with Crippen molar-refractivity contribution in [2.45, 2.75) is 6.42 Å². The molecule has 118 valence electrons. The molecule has 1 aliphatic rings. The second-order valence-corrected chi connectivity index (χ2v) is 6.52. The van der Waals surface area contributed by atoms with Gasteiger partial charge in [-0.15, -0.1) is 0 Å². The van der Waals surface area contributed by atoms with Crippen LogP contribution in [0, 0.1) is 0 Å². The van der Waals surface area contributed by atoms with E-state index in [2.05, 4.69) is 65.4 Å². The van der Waals surface area contributed by atoms with Gasteiger partial charge in [-0.05, 0) is 31.2 Å². The zero-order valence-corrected chi connectivity index (χ0v) is 13.7. The summed E-state index contributed by atoms with van der Waals surface area (Å²) in [6, 6.07) is 17.1. The van der Waals surface area contributed by atoms with Gasteiger partial charge in [-0.3, -0.25) is 0 Å². The van der Waals surface area contributed by atoms with Crippen molar-refractivity contribution in [2.75, 3.05) is 39.8 Å². The zero-order valence-electron chi connectivity index (χ0n) is 13.7. The third kappa shape index (κ3) is 2.94. The first-order valence-corrected chi connectivity index (χ1v) is 8.48. The number of likely N-dealkylation sites (N-methyl/N-ethyl adjacent to an activating group) is 1. The van der Waals surface area contributed by atoms with Crippen LogP contribution in [0.2, 0.25) is 0 Å². The summed E-state index contributed by atoms with van der Waals surface area (Å²) in [5.41, 5.74) is 3.67. The number of aromatic nitrogens is 1. The van der Waals surface area contributed by atoms with Gasteiger partial charge in [0, 0.05) is 43.5 Å². The van der Waals surface area contributed by atoms with Gasteiger partial charge in [-0.25, -0.2) is 4.98 Å². The first-order valence-electron chi connectivity index (χ1n) is 8.48. The van der Waals surface area contributed by atoms with E-state index in [0.29, 0.717) is 0 Å². The topological polar surface area (TPSA) is 19.4 Å². The van der Waals surface area contributed by atoms with Gasteiger partial charge < -0.3 is 9.80 Å². The van der Waals surface area contributed by atoms with Crippen LogP contribution in [-0.2, 0) is 6.42 Å². The quantitative estimate of drug-likeness (QED) is 0.693. The van der Waals surface area contributed by atoms with Crippen molar-refractivity contribution in [1.29, 1.82) is 0 Å². The molecule has 3 aromatic rings. The van der Waals surface area contributed by atoms with Crippen LogP contribution < -0.4 is 0 Å². The largest absolute Gasteiger partial charge is 0.304 e. The van der Waals surface area contributed by atoms with Gasteiger partial charge in [-0.1, -0.05) is 36.4 Å². The molecule has 3 heteroatoms. The summed E-state index contributed by atoms with van der Waals surface area (Å²) < 4.78 is 0. The Morgan fingerprint density at radius 2 is 1.39 bits per heavy atom. The highest BCUT2D eigenvalue weighted by Crippen LogP contribution is 2.26. The maximum Gasteiger partial charge on any atom is 0.0712 e. The zero-order chi connectivity index (χ0) is 15.6. The number of benzene rings is 2. The van der Waals surface area contributed by atoms with Crippen LogP contribution in [-0.4, -0.2) is 54.6 Å². The van der Waals surface area contributed by atoms with E-state index in [1.165, 1.54) is 42.5 Å². The maximum atomic E-state index is 4.82. The molecule has 0 N–H and O–H groups in total. The predicted octanol–water partition coefficient (Wildman–Crippen LogP) is 3.18. The normalized spacial score (nSPS) is 17.1. The summed E-state index contributed by atoms with van der Waals surface area (Å²) in [5, 5.41) is 2.61. The Morgan fingerprint density at radius 3 is 2.00 bits per heavy atom. The number of rotatable bonds is 3. The third-order valence-corrected chi connectivity index (χ3v) is 4.97. The Morgan fingerprint density at radius 1 is 0.826 bits per heavy atom. The van der Waals surface area contributed by atoms with E-state index >= 15 is 0 Å². The highest BCUT2D eigenvalue weighted by molar-refractivity contribution is 5.97. The first kappa shape index (κ1) is 14.6. The van der Waals surface area contributed by atoms with Crippen molar-refractivity contribution in [1.82, 2.24) is 14.8 Å². The molecule has 0 amide bonds. The summed E-state index contributed by atoms with van der Waals surface area (Å²) in [6.45, 7) is 5.84. The van der Waals surface area contributed by atoms with E-state index < -0.39 is 0 Å². The first-order chi connectivity index (χ1) is 11.3. The number of piperazine rings is 1. The van der Waals surface area contributed by atoms with E-state index in [0.717, 1.165) is 24.0 Å². The smallest absolute Gasteiger partial charge is 0.0712 e. The lowest BCUT2D eigenvalue weighted by Gasteiger charge is -2.32. The molecule has 0 radical (unpaired) electrons. The van der Waals surface area contributed by atoms with Crippen LogP contribution in [0.15, 0.2) is 48.5 Å². The fourth-order valence-corrected chi connectivity index (χ4v) is 3.54. The van der Waals surface area contributed by atoms with E-state index in [9.17, 15) is 0 Å². The second kappa shape index (κ2) is 6.26. The molecule has 1 saturated heterocycles. The highest BCUT2D eigenvalue weighted by atomic mass is 15.2. The SMILES string of the molecule is CN1CCN(CCc2c3ccccc3nc3ccccc23)CC1. The number of fused-ring (bicyclic) bond motifs is 2. The lowest BCUT2D eigenvalue weighted by Crippen LogP contribution is -2.45. The molecule has 1 aliphatic heterocycles. The third-order valence-electron chi connectivity index (χ3n) is 4.97. The molecule has 0 aliphatic carbocycles. The van der Waals surface area contributed by atoms with Crippen molar-refractivity contribution in [3.63, 3.8) is 0 Å². The second-order valence-electron chi connectivity index (χ2n) is 6.52. The van der Waals surface area contributed by atoms with Gasteiger partial charge in [0.15, 0.2) is 0 Å². The Kier molecular flexibility index (Phi) is 3.98. The minimum Gasteiger partial charge on any atom is -0.304 e. The Bertz CT molecular complexity index is 765. The van der Waals surface area contributed by atoms with Crippen molar-refractivity contribution in [3.8, 4) is 0 Å². The van der Waals surface area contributed by atoms with Gasteiger partial charge in [0.2, 0.25) is 0 Å². The van der Waals surface area contributed by atoms with Crippen molar-refractivity contribution in [2.24, 2.45) is 0 Å². The Hall–Kier alpha value is -1.97. The maximum absolute atomic E-state index is 4.82. The molecule has 23 heavy (non-hydrogen) atoms. The van der Waals surface area contributed by atoms with Crippen LogP contribution in [0.5, 0.6) is 0 Å². The fourth-order valence-electron chi connectivity index (χ4n) is 3.54. The van der Waals surface area contributed by atoms with Gasteiger partial charge >= 0.3 is 0 Å². The lowest BCUT2D eigenvalue weighted by atomic mass is 10.00. The van der Waals surface area contributed by atoms with Crippen LogP contribution in [0.1, 0.15) is 5.56 Å². The Balaban J connectivity index is 1.68. The van der Waals surface area contributed by atoms with E-state index in [1.54, 1.807) is 0 Å².